The SMILES string of the molecule is O=C(Nc1cccc(-c2nnco2)c1)C(F)(F)C(F)(F)F. The standard InChI is InChI=1S/C11H6F5N3O2/c12-10(13,11(14,15)16)9(20)18-7-3-1-2-6(4-7)8-19-17-5-21-8/h1-5H,(H,18,20). The van der Waals surface area contributed by atoms with Crippen LogP contribution in [0, 0.1) is 0 Å². The molecule has 5 nitrogen and oxygen atoms in total. The van der Waals surface area contributed by atoms with Gasteiger partial charge in [0.25, 0.3) is 0 Å². The average molecular weight is 307 g/mol. The van der Waals surface area contributed by atoms with Crippen LogP contribution in [0.25, 0.3) is 11.5 Å². The molecule has 1 heterocycles. The number of rotatable bonds is 3. The first-order valence-corrected chi connectivity index (χ1v) is 5.34. The molecule has 0 fully saturated rings. The summed E-state index contributed by atoms with van der Waals surface area (Å²) >= 11 is 0. The Hall–Kier alpha value is -2.52. The summed E-state index contributed by atoms with van der Waals surface area (Å²) in [6.07, 6.45) is -4.96. The molecular formula is C11H6F5N3O2. The van der Waals surface area contributed by atoms with Crippen LogP contribution in [-0.2, 0) is 4.79 Å². The van der Waals surface area contributed by atoms with E-state index in [0.717, 1.165) is 18.5 Å². The van der Waals surface area contributed by atoms with Crippen LogP contribution >= 0.6 is 0 Å². The van der Waals surface area contributed by atoms with E-state index in [1.807, 2.05) is 0 Å². The first-order chi connectivity index (χ1) is 9.72. The fraction of sp³-hybridized carbons (Fsp3) is 0.182. The maximum absolute atomic E-state index is 12.8. The molecule has 1 amide bonds. The zero-order valence-corrected chi connectivity index (χ0v) is 9.99. The summed E-state index contributed by atoms with van der Waals surface area (Å²) in [5.74, 6) is -7.95. The highest BCUT2D eigenvalue weighted by Gasteiger charge is 2.63. The topological polar surface area (TPSA) is 68.0 Å². The van der Waals surface area contributed by atoms with E-state index in [4.69, 9.17) is 4.42 Å². The molecule has 2 aromatic rings. The van der Waals surface area contributed by atoms with Crippen molar-refractivity contribution in [2.24, 2.45) is 0 Å². The number of nitrogens with zero attached hydrogens (tertiary/aromatic N) is 2. The Morgan fingerprint density at radius 1 is 1.19 bits per heavy atom. The van der Waals surface area contributed by atoms with Gasteiger partial charge in [0.1, 0.15) is 0 Å². The number of amides is 1. The molecule has 0 saturated heterocycles. The lowest BCUT2D eigenvalue weighted by Gasteiger charge is -2.18. The second-order valence-electron chi connectivity index (χ2n) is 3.85. The molecule has 21 heavy (non-hydrogen) atoms. The van der Waals surface area contributed by atoms with Crippen molar-refractivity contribution in [3.8, 4) is 11.5 Å². The number of nitrogens with one attached hydrogen (secondary N) is 1. The summed E-state index contributed by atoms with van der Waals surface area (Å²) in [5, 5.41) is 8.42. The Morgan fingerprint density at radius 2 is 1.90 bits per heavy atom. The number of carbonyl (C=O) groups excluding carboxylic acids is 1. The molecule has 0 aliphatic carbocycles. The molecule has 0 spiro atoms. The molecule has 0 aliphatic heterocycles. The van der Waals surface area contributed by atoms with Crippen LogP contribution in [0.5, 0.6) is 0 Å². The molecule has 0 unspecified atom stereocenters. The first kappa shape index (κ1) is 14.9. The van der Waals surface area contributed by atoms with Gasteiger partial charge in [-0.05, 0) is 18.2 Å². The maximum Gasteiger partial charge on any atom is 0.463 e. The third kappa shape index (κ3) is 2.98. The Kier molecular flexibility index (Phi) is 3.62. The second-order valence-corrected chi connectivity index (χ2v) is 3.85. The summed E-state index contributed by atoms with van der Waals surface area (Å²) in [5.41, 5.74) is -0.0137. The smallest absolute Gasteiger partial charge is 0.423 e. The number of halogens is 5. The highest BCUT2D eigenvalue weighted by atomic mass is 19.4. The summed E-state index contributed by atoms with van der Waals surface area (Å²) in [6.45, 7) is 0. The van der Waals surface area contributed by atoms with Crippen molar-refractivity contribution in [2.75, 3.05) is 5.32 Å². The highest BCUT2D eigenvalue weighted by Crippen LogP contribution is 2.36. The van der Waals surface area contributed by atoms with Gasteiger partial charge in [-0.25, -0.2) is 0 Å². The molecule has 0 aliphatic rings. The Labute approximate surface area is 113 Å². The Morgan fingerprint density at radius 3 is 2.48 bits per heavy atom. The molecule has 0 radical (unpaired) electrons. The van der Waals surface area contributed by atoms with Crippen LogP contribution in [0.15, 0.2) is 35.1 Å². The minimum absolute atomic E-state index is 0.0219. The molecule has 1 aromatic heterocycles. The normalized spacial score (nSPS) is 12.2. The quantitative estimate of drug-likeness (QED) is 0.885. The van der Waals surface area contributed by atoms with Gasteiger partial charge < -0.3 is 9.73 Å². The predicted molar refractivity (Wildman–Crippen MR) is 59.4 cm³/mol. The average Bonchev–Trinajstić information content (AvgIpc) is 2.91. The minimum atomic E-state index is -5.97. The largest absolute Gasteiger partial charge is 0.463 e. The third-order valence-electron chi connectivity index (χ3n) is 2.37. The number of benzene rings is 1. The van der Waals surface area contributed by atoms with Crippen molar-refractivity contribution in [1.82, 2.24) is 10.2 Å². The second kappa shape index (κ2) is 5.11. The molecular weight excluding hydrogens is 301 g/mol. The third-order valence-corrected chi connectivity index (χ3v) is 2.37. The fourth-order valence-corrected chi connectivity index (χ4v) is 1.37. The van der Waals surface area contributed by atoms with E-state index >= 15 is 0 Å². The van der Waals surface area contributed by atoms with E-state index < -0.39 is 18.0 Å². The van der Waals surface area contributed by atoms with Crippen LogP contribution in [0.3, 0.4) is 0 Å². The summed E-state index contributed by atoms with van der Waals surface area (Å²) < 4.78 is 66.6. The van der Waals surface area contributed by atoms with Crippen molar-refractivity contribution < 1.29 is 31.2 Å². The van der Waals surface area contributed by atoms with Gasteiger partial charge >= 0.3 is 18.0 Å². The van der Waals surface area contributed by atoms with Crippen molar-refractivity contribution in [1.29, 1.82) is 0 Å². The van der Waals surface area contributed by atoms with E-state index in [9.17, 15) is 26.7 Å². The lowest BCUT2D eigenvalue weighted by atomic mass is 10.2. The van der Waals surface area contributed by atoms with Gasteiger partial charge in [0.05, 0.1) is 0 Å². The van der Waals surface area contributed by atoms with Gasteiger partial charge in [-0.15, -0.1) is 10.2 Å². The molecule has 0 saturated carbocycles. The molecule has 10 heteroatoms. The molecule has 0 bridgehead atoms. The molecule has 0 atom stereocenters. The van der Waals surface area contributed by atoms with E-state index in [1.165, 1.54) is 17.4 Å². The monoisotopic (exact) mass is 307 g/mol. The number of carbonyl (C=O) groups is 1. The van der Waals surface area contributed by atoms with Crippen LogP contribution in [-0.4, -0.2) is 28.2 Å². The number of hydrogen-bond acceptors (Lipinski definition) is 4. The van der Waals surface area contributed by atoms with Gasteiger partial charge in [0.15, 0.2) is 0 Å². The van der Waals surface area contributed by atoms with Crippen LogP contribution < -0.4 is 5.32 Å². The molecule has 2 rings (SSSR count). The Balaban J connectivity index is 2.21. The maximum atomic E-state index is 12.8. The zero-order valence-electron chi connectivity index (χ0n) is 9.99. The minimum Gasteiger partial charge on any atom is -0.423 e. The zero-order chi connectivity index (χ0) is 15.7. The van der Waals surface area contributed by atoms with E-state index in [0.29, 0.717) is 0 Å². The number of alkyl halides is 5. The van der Waals surface area contributed by atoms with E-state index in [-0.39, 0.29) is 17.1 Å². The van der Waals surface area contributed by atoms with Crippen LogP contribution in [0.2, 0.25) is 0 Å². The van der Waals surface area contributed by atoms with Crippen molar-refractivity contribution in [2.45, 2.75) is 12.1 Å². The summed E-state index contributed by atoms with van der Waals surface area (Å²) in [7, 11) is 0. The molecule has 1 N–H and O–H groups in total. The molecule has 112 valence electrons. The van der Waals surface area contributed by atoms with E-state index in [2.05, 4.69) is 10.2 Å². The molecule has 1 aromatic carbocycles. The van der Waals surface area contributed by atoms with Crippen molar-refractivity contribution in [3.63, 3.8) is 0 Å². The van der Waals surface area contributed by atoms with Gasteiger partial charge in [-0.1, -0.05) is 6.07 Å². The number of aromatic nitrogens is 2. The van der Waals surface area contributed by atoms with Crippen molar-refractivity contribution in [3.05, 3.63) is 30.7 Å². The van der Waals surface area contributed by atoms with Gasteiger partial charge in [-0.2, -0.15) is 22.0 Å². The summed E-state index contributed by atoms with van der Waals surface area (Å²) in [4.78, 5) is 11.0. The van der Waals surface area contributed by atoms with Crippen LogP contribution in [0.4, 0.5) is 27.6 Å². The Bertz CT molecular complexity index is 640. The van der Waals surface area contributed by atoms with E-state index in [1.54, 1.807) is 0 Å². The van der Waals surface area contributed by atoms with Gasteiger partial charge in [0.2, 0.25) is 12.3 Å². The predicted octanol–water partition coefficient (Wildman–Crippen LogP) is 2.87. The van der Waals surface area contributed by atoms with Gasteiger partial charge in [-0.3, -0.25) is 4.79 Å². The van der Waals surface area contributed by atoms with Crippen LogP contribution in [0.1, 0.15) is 0 Å². The number of hydrogen-bond donors (Lipinski definition) is 1. The lowest BCUT2D eigenvalue weighted by Crippen LogP contribution is -2.47. The first-order valence-electron chi connectivity index (χ1n) is 5.34. The highest BCUT2D eigenvalue weighted by molar-refractivity contribution is 5.97. The lowest BCUT2D eigenvalue weighted by molar-refractivity contribution is -0.267. The van der Waals surface area contributed by atoms with Gasteiger partial charge in [0, 0.05) is 11.3 Å². The number of anilines is 1. The fourth-order valence-electron chi connectivity index (χ4n) is 1.37. The van der Waals surface area contributed by atoms with Crippen molar-refractivity contribution >= 4 is 11.6 Å². The summed E-state index contributed by atoms with van der Waals surface area (Å²) in [6, 6.07) is 5.04.